The lowest BCUT2D eigenvalue weighted by molar-refractivity contribution is -0.633. The van der Waals surface area contributed by atoms with Crippen LogP contribution in [0.3, 0.4) is 0 Å². The number of fused-ring (bicyclic) bond motifs is 12. The molecule has 0 fully saturated rings. The van der Waals surface area contributed by atoms with Gasteiger partial charge in [0.05, 0.1) is 40.9 Å². The molecule has 6 heterocycles. The standard InChI is InChI=1S/C29H31FNOSi.2C28H29FNOSi/c1-16-9-12-24-22(13-16)26(33(6,7)8)15-25(31(24)5)27-18(3)17(2)14-21-20-10-11-23(30)19(4)28(20)32-29(21)27;1-16-8-13-23-21(14-16)25(32(5,6)7)15-24(30(23)4)26-17(2)9-10-20-19-11-12-22(29)18(3)27(19)31-28(20)26;1-16-8-11-23-22(12-16)26(32(5,6)7)15-24(30(23)4)27-18(3)17(2)13-21-20-10-9-19(29)14-25(20)31-28(21)27/h9-15H,1-8H3;2*8-15H,1-7H3/q3*+1. The van der Waals surface area contributed by atoms with Gasteiger partial charge in [0.1, 0.15) is 72.1 Å². The van der Waals surface area contributed by atoms with E-state index in [-0.39, 0.29) is 17.5 Å². The second-order valence-corrected chi connectivity index (χ2v) is 45.8. The Labute approximate surface area is 570 Å². The van der Waals surface area contributed by atoms with Crippen molar-refractivity contribution in [3.8, 4) is 33.8 Å². The van der Waals surface area contributed by atoms with Gasteiger partial charge in [0.25, 0.3) is 0 Å². The molecule has 6 aromatic heterocycles. The predicted molar refractivity (Wildman–Crippen MR) is 410 cm³/mol. The summed E-state index contributed by atoms with van der Waals surface area (Å²) >= 11 is 0. The molecule has 9 aromatic carbocycles. The van der Waals surface area contributed by atoms with Crippen LogP contribution in [0.4, 0.5) is 13.2 Å². The molecule has 12 heteroatoms. The maximum absolute atomic E-state index is 14.4. The van der Waals surface area contributed by atoms with E-state index in [4.69, 9.17) is 13.3 Å². The Morgan fingerprint density at radius 1 is 0.289 bits per heavy atom. The minimum Gasteiger partial charge on any atom is -0.455 e. The number of furan rings is 3. The maximum Gasteiger partial charge on any atom is 0.216 e. The molecule has 15 aromatic rings. The first-order valence-electron chi connectivity index (χ1n) is 33.8. The highest BCUT2D eigenvalue weighted by Crippen LogP contribution is 2.43. The monoisotopic (exact) mass is 1340 g/mol. The van der Waals surface area contributed by atoms with E-state index < -0.39 is 24.2 Å². The average Bonchev–Trinajstić information content (AvgIpc) is 1.69. The molecular weight excluding hydrogens is 1250 g/mol. The minimum atomic E-state index is -1.65. The fourth-order valence-electron chi connectivity index (χ4n) is 14.8. The topological polar surface area (TPSA) is 51.1 Å². The van der Waals surface area contributed by atoms with E-state index >= 15 is 0 Å². The molecule has 6 nitrogen and oxygen atoms in total. The smallest absolute Gasteiger partial charge is 0.216 e. The van der Waals surface area contributed by atoms with Crippen molar-refractivity contribution in [3.63, 3.8) is 0 Å². The molecule has 0 unspecified atom stereocenters. The number of pyridine rings is 3. The number of benzene rings is 9. The third-order valence-electron chi connectivity index (χ3n) is 20.6. The van der Waals surface area contributed by atoms with E-state index in [0.29, 0.717) is 27.9 Å². The zero-order valence-corrected chi connectivity index (χ0v) is 63.5. The third-order valence-corrected chi connectivity index (χ3v) is 26.7. The van der Waals surface area contributed by atoms with E-state index in [1.807, 2.05) is 18.2 Å². The Bertz CT molecular complexity index is 5850. The lowest BCUT2D eigenvalue weighted by atomic mass is 9.95. The molecule has 0 spiro atoms. The number of rotatable bonds is 6. The summed E-state index contributed by atoms with van der Waals surface area (Å²) in [5.74, 6) is -0.745. The van der Waals surface area contributed by atoms with Gasteiger partial charge in [-0.3, -0.25) is 0 Å². The number of hydrogen-bond acceptors (Lipinski definition) is 3. The van der Waals surface area contributed by atoms with Crippen LogP contribution < -0.4 is 29.3 Å². The molecular formula is C85H89F3N3O3Si3+3. The molecule has 0 saturated carbocycles. The van der Waals surface area contributed by atoms with Crippen LogP contribution in [-0.2, 0) is 21.1 Å². The van der Waals surface area contributed by atoms with Gasteiger partial charge < -0.3 is 13.3 Å². The number of nitrogens with zero attached hydrogens (tertiary/aromatic N) is 3. The predicted octanol–water partition coefficient (Wildman–Crippen LogP) is 20.8. The number of aromatic nitrogens is 3. The van der Waals surface area contributed by atoms with Crippen molar-refractivity contribution in [2.75, 3.05) is 0 Å². The van der Waals surface area contributed by atoms with Gasteiger partial charge in [-0.05, 0) is 179 Å². The summed E-state index contributed by atoms with van der Waals surface area (Å²) in [7, 11) is 1.49. The summed E-state index contributed by atoms with van der Waals surface area (Å²) in [4.78, 5) is 0. The quantitative estimate of drug-likeness (QED) is 0.123. The van der Waals surface area contributed by atoms with E-state index in [2.05, 4.69) is 246 Å². The highest BCUT2D eigenvalue weighted by atomic mass is 28.3. The van der Waals surface area contributed by atoms with Crippen LogP contribution in [0, 0.1) is 86.7 Å². The third kappa shape index (κ3) is 11.3. The maximum atomic E-state index is 14.4. The molecule has 492 valence electrons. The lowest BCUT2D eigenvalue weighted by Gasteiger charge is -2.20. The molecule has 0 saturated heterocycles. The first kappa shape index (κ1) is 66.7. The summed E-state index contributed by atoms with van der Waals surface area (Å²) < 4.78 is 68.6. The van der Waals surface area contributed by atoms with Gasteiger partial charge in [-0.1, -0.05) is 106 Å². The fourth-order valence-corrected chi connectivity index (χ4v) is 19.6. The van der Waals surface area contributed by atoms with Crippen molar-refractivity contribution < 1.29 is 40.1 Å². The zero-order chi connectivity index (χ0) is 69.7. The van der Waals surface area contributed by atoms with Gasteiger partial charge in [0.15, 0.2) is 0 Å². The molecule has 0 bridgehead atoms. The Morgan fingerprint density at radius 3 is 1.04 bits per heavy atom. The van der Waals surface area contributed by atoms with E-state index in [1.165, 1.54) is 105 Å². The number of halogens is 3. The lowest BCUT2D eigenvalue weighted by Crippen LogP contribution is -2.43. The largest absolute Gasteiger partial charge is 0.455 e. The minimum absolute atomic E-state index is 0.232. The molecule has 15 rings (SSSR count). The SMILES string of the molecule is Cc1ccc2c(c1)c([Si](C)(C)C)cc(-c1c(C)c(C)cc3c1oc1c(C)c(F)ccc13)[n+]2C.Cc1ccc2c(c1)c([Si](C)(C)C)cc(-c1c(C)c(C)cc3c1oc1cc(F)ccc13)[n+]2C.Cc1ccc2c(c1)c([Si](C)(C)C)cc(-c1c(C)ccc3c1oc1c(C)c(F)ccc13)[n+]2C. The normalized spacial score (nSPS) is 12.4. The van der Waals surface area contributed by atoms with Crippen LogP contribution in [-0.4, -0.2) is 24.2 Å². The molecule has 0 radical (unpaired) electrons. The van der Waals surface area contributed by atoms with Crippen molar-refractivity contribution in [3.05, 3.63) is 213 Å². The summed E-state index contributed by atoms with van der Waals surface area (Å²) in [5.41, 5.74) is 25.7. The van der Waals surface area contributed by atoms with Gasteiger partial charge in [-0.15, -0.1) is 0 Å². The molecule has 0 aliphatic carbocycles. The number of hydrogen-bond donors (Lipinski definition) is 0. The average molecular weight is 1340 g/mol. The van der Waals surface area contributed by atoms with Gasteiger partial charge >= 0.3 is 0 Å². The molecule has 0 N–H and O–H groups in total. The van der Waals surface area contributed by atoms with Crippen LogP contribution in [0.5, 0.6) is 0 Å². The van der Waals surface area contributed by atoms with E-state index in [1.54, 1.807) is 19.9 Å². The molecule has 97 heavy (non-hydrogen) atoms. The van der Waals surface area contributed by atoms with Crippen molar-refractivity contribution in [1.29, 1.82) is 0 Å². The van der Waals surface area contributed by atoms with Crippen LogP contribution in [0.2, 0.25) is 58.9 Å². The van der Waals surface area contributed by atoms with Gasteiger partial charge in [0.2, 0.25) is 33.6 Å². The van der Waals surface area contributed by atoms with Crippen molar-refractivity contribution in [2.45, 2.75) is 128 Å². The van der Waals surface area contributed by atoms with Crippen molar-refractivity contribution in [2.24, 2.45) is 21.1 Å². The molecule has 0 aliphatic rings. The molecule has 0 aliphatic heterocycles. The van der Waals surface area contributed by atoms with Crippen molar-refractivity contribution >= 4 is 138 Å². The van der Waals surface area contributed by atoms with E-state index in [0.717, 1.165) is 88.4 Å². The Morgan fingerprint density at radius 2 is 0.629 bits per heavy atom. The van der Waals surface area contributed by atoms with Gasteiger partial charge in [0, 0.05) is 102 Å². The first-order chi connectivity index (χ1) is 45.6. The van der Waals surface area contributed by atoms with Crippen LogP contribution >= 0.6 is 0 Å². The van der Waals surface area contributed by atoms with E-state index in [9.17, 15) is 13.2 Å². The summed E-state index contributed by atoms with van der Waals surface area (Å²) in [6.45, 7) is 42.4. The van der Waals surface area contributed by atoms with Gasteiger partial charge in [-0.25, -0.2) is 13.2 Å². The summed E-state index contributed by atoms with van der Waals surface area (Å²) in [5, 5.41) is 14.3. The molecule has 0 atom stereocenters. The Hall–Kier alpha value is -8.95. The van der Waals surface area contributed by atoms with Crippen LogP contribution in [0.25, 0.3) is 132 Å². The second kappa shape index (κ2) is 24.0. The van der Waals surface area contributed by atoms with Crippen molar-refractivity contribution in [1.82, 2.24) is 0 Å². The zero-order valence-electron chi connectivity index (χ0n) is 60.5. The highest BCUT2D eigenvalue weighted by Gasteiger charge is 2.34. The molecule has 0 amide bonds. The summed E-state index contributed by atoms with van der Waals surface area (Å²) in [6.07, 6.45) is 0. The van der Waals surface area contributed by atoms with Crippen LogP contribution in [0.1, 0.15) is 55.6 Å². The highest BCUT2D eigenvalue weighted by molar-refractivity contribution is 6.91. The first-order valence-corrected chi connectivity index (χ1v) is 44.3. The fraction of sp³-hybridized carbons (Fsp3) is 0.259. The Balaban J connectivity index is 0.000000131. The number of aryl methyl sites for hydroxylation is 11. The second-order valence-electron chi connectivity index (χ2n) is 30.6. The van der Waals surface area contributed by atoms with Gasteiger partial charge in [-0.2, -0.15) is 13.7 Å². The van der Waals surface area contributed by atoms with Crippen LogP contribution in [0.15, 0.2) is 153 Å². The Kier molecular flexibility index (Phi) is 16.5. The summed E-state index contributed by atoms with van der Waals surface area (Å²) in [6, 6.07) is 47.5.